The minimum Gasteiger partial charge on any atom is -0.380 e. The molecule has 2 N–H and O–H groups in total. The van der Waals surface area contributed by atoms with E-state index in [9.17, 15) is 0 Å². The highest BCUT2D eigenvalue weighted by molar-refractivity contribution is 5.79. The minimum absolute atomic E-state index is 0.214. The van der Waals surface area contributed by atoms with E-state index in [4.69, 9.17) is 9.73 Å². The maximum atomic E-state index is 5.30. The second-order valence-electron chi connectivity index (χ2n) is 7.46. The van der Waals surface area contributed by atoms with Crippen molar-refractivity contribution in [1.29, 1.82) is 0 Å². The van der Waals surface area contributed by atoms with Crippen molar-refractivity contribution in [1.82, 2.24) is 15.5 Å². The average molecular weight is 347 g/mol. The lowest BCUT2D eigenvalue weighted by Gasteiger charge is -2.36. The highest BCUT2D eigenvalue weighted by Gasteiger charge is 2.33. The zero-order valence-corrected chi connectivity index (χ0v) is 16.2. The molecule has 0 saturated carbocycles. The first-order valence-electron chi connectivity index (χ1n) is 9.36. The van der Waals surface area contributed by atoms with Crippen LogP contribution < -0.4 is 10.6 Å². The molecule has 5 heteroatoms. The van der Waals surface area contributed by atoms with Crippen LogP contribution in [0.4, 0.5) is 0 Å². The van der Waals surface area contributed by atoms with Crippen LogP contribution in [0.15, 0.2) is 35.3 Å². The van der Waals surface area contributed by atoms with Crippen molar-refractivity contribution in [2.45, 2.75) is 39.8 Å². The summed E-state index contributed by atoms with van der Waals surface area (Å²) in [6.07, 6.45) is 1.08. The van der Waals surface area contributed by atoms with E-state index >= 15 is 0 Å². The lowest BCUT2D eigenvalue weighted by Crippen LogP contribution is -2.45. The standard InChI is InChI=1S/C20H34N4O/c1-5-21-19(23-14-20(3)15-25-16-20)22-12-11-17(2)24(4)13-18-9-7-6-8-10-18/h6-10,17H,5,11-16H2,1-4H3,(H2,21,22,23). The summed E-state index contributed by atoms with van der Waals surface area (Å²) in [5.41, 5.74) is 1.57. The third kappa shape index (κ3) is 6.67. The van der Waals surface area contributed by atoms with Gasteiger partial charge in [-0.05, 0) is 32.9 Å². The number of hydrogen-bond donors (Lipinski definition) is 2. The van der Waals surface area contributed by atoms with E-state index in [1.54, 1.807) is 0 Å². The van der Waals surface area contributed by atoms with E-state index in [2.05, 4.69) is 73.7 Å². The predicted octanol–water partition coefficient (Wildman–Crippen LogP) is 2.49. The molecule has 1 unspecified atom stereocenters. The third-order valence-electron chi connectivity index (χ3n) is 4.75. The zero-order valence-electron chi connectivity index (χ0n) is 16.2. The molecule has 1 aliphatic rings. The number of benzene rings is 1. The summed E-state index contributed by atoms with van der Waals surface area (Å²) in [5, 5.41) is 6.79. The SMILES string of the molecule is CCNC(=NCC1(C)COC1)NCCC(C)N(C)Cc1ccccc1. The van der Waals surface area contributed by atoms with E-state index in [0.717, 1.165) is 51.8 Å². The monoisotopic (exact) mass is 346 g/mol. The summed E-state index contributed by atoms with van der Waals surface area (Å²) < 4.78 is 5.30. The second kappa shape index (κ2) is 9.78. The van der Waals surface area contributed by atoms with Gasteiger partial charge in [-0.25, -0.2) is 0 Å². The van der Waals surface area contributed by atoms with Gasteiger partial charge in [0, 0.05) is 31.1 Å². The van der Waals surface area contributed by atoms with Crippen molar-refractivity contribution in [3.05, 3.63) is 35.9 Å². The first-order valence-corrected chi connectivity index (χ1v) is 9.36. The van der Waals surface area contributed by atoms with Gasteiger partial charge in [-0.1, -0.05) is 37.3 Å². The van der Waals surface area contributed by atoms with Gasteiger partial charge in [0.15, 0.2) is 5.96 Å². The number of rotatable bonds is 9. The first kappa shape index (κ1) is 19.7. The van der Waals surface area contributed by atoms with Crippen molar-refractivity contribution in [3.8, 4) is 0 Å². The molecule has 1 aromatic carbocycles. The fourth-order valence-electron chi connectivity index (χ4n) is 2.80. The highest BCUT2D eigenvalue weighted by Crippen LogP contribution is 2.26. The molecule has 0 bridgehead atoms. The quantitative estimate of drug-likeness (QED) is 0.533. The van der Waals surface area contributed by atoms with Crippen LogP contribution in [0.1, 0.15) is 32.8 Å². The maximum Gasteiger partial charge on any atom is 0.191 e. The Labute approximate surface area is 152 Å². The van der Waals surface area contributed by atoms with Gasteiger partial charge < -0.3 is 15.4 Å². The number of aliphatic imine (C=N–C) groups is 1. The van der Waals surface area contributed by atoms with E-state index in [-0.39, 0.29) is 5.41 Å². The lowest BCUT2D eigenvalue weighted by molar-refractivity contribution is -0.0945. The maximum absolute atomic E-state index is 5.30. The Balaban J connectivity index is 1.73. The Morgan fingerprint density at radius 1 is 1.28 bits per heavy atom. The summed E-state index contributed by atoms with van der Waals surface area (Å²) in [5.74, 6) is 0.911. The molecule has 5 nitrogen and oxygen atoms in total. The normalized spacial score (nSPS) is 17.9. The van der Waals surface area contributed by atoms with Crippen LogP contribution in [0, 0.1) is 5.41 Å². The highest BCUT2D eigenvalue weighted by atomic mass is 16.5. The molecule has 25 heavy (non-hydrogen) atoms. The Morgan fingerprint density at radius 2 is 2.00 bits per heavy atom. The van der Waals surface area contributed by atoms with Gasteiger partial charge in [-0.2, -0.15) is 0 Å². The number of hydrogen-bond acceptors (Lipinski definition) is 3. The van der Waals surface area contributed by atoms with Gasteiger partial charge in [-0.3, -0.25) is 9.89 Å². The Kier molecular flexibility index (Phi) is 7.72. The van der Waals surface area contributed by atoms with Crippen LogP contribution in [-0.2, 0) is 11.3 Å². The van der Waals surface area contributed by atoms with Crippen LogP contribution in [0.5, 0.6) is 0 Å². The van der Waals surface area contributed by atoms with E-state index in [0.29, 0.717) is 6.04 Å². The van der Waals surface area contributed by atoms with Crippen molar-refractivity contribution < 1.29 is 4.74 Å². The summed E-state index contributed by atoms with van der Waals surface area (Å²) >= 11 is 0. The molecule has 1 heterocycles. The molecule has 0 aromatic heterocycles. The minimum atomic E-state index is 0.214. The zero-order chi connectivity index (χ0) is 18.1. The van der Waals surface area contributed by atoms with Gasteiger partial charge in [0.2, 0.25) is 0 Å². The summed E-state index contributed by atoms with van der Waals surface area (Å²) in [6.45, 7) is 11.8. The van der Waals surface area contributed by atoms with Crippen LogP contribution >= 0.6 is 0 Å². The van der Waals surface area contributed by atoms with E-state index in [1.807, 2.05) is 0 Å². The summed E-state index contributed by atoms with van der Waals surface area (Å²) in [4.78, 5) is 7.11. The summed E-state index contributed by atoms with van der Waals surface area (Å²) in [6, 6.07) is 11.1. The third-order valence-corrected chi connectivity index (χ3v) is 4.75. The van der Waals surface area contributed by atoms with Gasteiger partial charge in [0.25, 0.3) is 0 Å². The van der Waals surface area contributed by atoms with E-state index in [1.165, 1.54) is 5.56 Å². The molecule has 1 atom stereocenters. The number of nitrogens with one attached hydrogen (secondary N) is 2. The topological polar surface area (TPSA) is 48.9 Å². The molecular weight excluding hydrogens is 312 g/mol. The number of guanidine groups is 1. The predicted molar refractivity (Wildman–Crippen MR) is 105 cm³/mol. The molecule has 0 spiro atoms. The second-order valence-corrected chi connectivity index (χ2v) is 7.46. The molecule has 1 fully saturated rings. The van der Waals surface area contributed by atoms with Crippen molar-refractivity contribution in [3.63, 3.8) is 0 Å². The molecule has 1 aliphatic heterocycles. The van der Waals surface area contributed by atoms with Crippen molar-refractivity contribution in [2.75, 3.05) is 39.9 Å². The molecule has 1 saturated heterocycles. The summed E-state index contributed by atoms with van der Waals surface area (Å²) in [7, 11) is 2.19. The van der Waals surface area contributed by atoms with Crippen LogP contribution in [0.25, 0.3) is 0 Å². The molecular formula is C20H34N4O. The van der Waals surface area contributed by atoms with Crippen molar-refractivity contribution >= 4 is 5.96 Å². The smallest absolute Gasteiger partial charge is 0.191 e. The number of nitrogens with zero attached hydrogens (tertiary/aromatic N) is 2. The fourth-order valence-corrected chi connectivity index (χ4v) is 2.80. The van der Waals surface area contributed by atoms with Gasteiger partial charge in [0.1, 0.15) is 0 Å². The van der Waals surface area contributed by atoms with Gasteiger partial charge >= 0.3 is 0 Å². The van der Waals surface area contributed by atoms with Gasteiger partial charge in [-0.15, -0.1) is 0 Å². The largest absolute Gasteiger partial charge is 0.380 e. The average Bonchev–Trinajstić information content (AvgIpc) is 2.58. The first-order chi connectivity index (χ1) is 12.0. The fraction of sp³-hybridized carbons (Fsp3) is 0.650. The molecule has 0 radical (unpaired) electrons. The van der Waals surface area contributed by atoms with Crippen LogP contribution in [0.3, 0.4) is 0 Å². The van der Waals surface area contributed by atoms with Crippen LogP contribution in [-0.4, -0.2) is 56.8 Å². The lowest BCUT2D eigenvalue weighted by atomic mass is 9.89. The van der Waals surface area contributed by atoms with Crippen LogP contribution in [0.2, 0.25) is 0 Å². The molecule has 0 aliphatic carbocycles. The molecule has 1 aromatic rings. The van der Waals surface area contributed by atoms with Crippen molar-refractivity contribution in [2.24, 2.45) is 10.4 Å². The Bertz CT molecular complexity index is 528. The Morgan fingerprint density at radius 3 is 2.60 bits per heavy atom. The van der Waals surface area contributed by atoms with E-state index < -0.39 is 0 Å². The Hall–Kier alpha value is -1.59. The molecule has 0 amide bonds. The molecule has 140 valence electrons. The number of ether oxygens (including phenoxy) is 1. The van der Waals surface area contributed by atoms with Gasteiger partial charge in [0.05, 0.1) is 19.8 Å². The molecule has 2 rings (SSSR count).